The highest BCUT2D eigenvalue weighted by molar-refractivity contribution is 5.90. The predicted octanol–water partition coefficient (Wildman–Crippen LogP) is 1.13. The number of ketones is 1. The van der Waals surface area contributed by atoms with Crippen molar-refractivity contribution in [3.63, 3.8) is 0 Å². The third kappa shape index (κ3) is 2.85. The van der Waals surface area contributed by atoms with Gasteiger partial charge in [0.05, 0.1) is 0 Å². The van der Waals surface area contributed by atoms with Gasteiger partial charge in [-0.05, 0) is 38.9 Å². The first kappa shape index (κ1) is 8.47. The smallest absolute Gasteiger partial charge is 0.155 e. The molecular weight excluding hydrogens is 138 g/mol. The van der Waals surface area contributed by atoms with Crippen molar-refractivity contribution in [1.82, 2.24) is 5.32 Å². The summed E-state index contributed by atoms with van der Waals surface area (Å²) in [5, 5.41) is 3.15. The molecular formula is C9H15NO. The van der Waals surface area contributed by atoms with Crippen LogP contribution in [0, 0.1) is 5.92 Å². The number of hydrogen-bond acceptors (Lipinski definition) is 2. The summed E-state index contributed by atoms with van der Waals surface area (Å²) < 4.78 is 0. The van der Waals surface area contributed by atoms with E-state index in [4.69, 9.17) is 0 Å². The van der Waals surface area contributed by atoms with Crippen molar-refractivity contribution in [3.05, 3.63) is 11.6 Å². The highest BCUT2D eigenvalue weighted by Gasteiger charge is 2.18. The molecule has 2 nitrogen and oxygen atoms in total. The van der Waals surface area contributed by atoms with Gasteiger partial charge in [-0.3, -0.25) is 4.79 Å². The Bertz CT molecular complexity index is 176. The van der Waals surface area contributed by atoms with Crippen LogP contribution in [0.2, 0.25) is 0 Å². The lowest BCUT2D eigenvalue weighted by molar-refractivity contribution is -0.115. The van der Waals surface area contributed by atoms with Gasteiger partial charge in [0, 0.05) is 6.42 Å². The zero-order chi connectivity index (χ0) is 8.27. The Morgan fingerprint density at radius 2 is 2.18 bits per heavy atom. The fraction of sp³-hybridized carbons (Fsp3) is 0.667. The van der Waals surface area contributed by atoms with Gasteiger partial charge in [0.15, 0.2) is 5.78 Å². The summed E-state index contributed by atoms with van der Waals surface area (Å²) in [5.41, 5.74) is 1.10. The zero-order valence-corrected chi connectivity index (χ0v) is 7.18. The average Bonchev–Trinajstić information content (AvgIpc) is 1.77. The normalized spacial score (nSPS) is 17.3. The minimum Gasteiger partial charge on any atom is -0.316 e. The minimum absolute atomic E-state index is 0.275. The molecule has 62 valence electrons. The molecule has 1 heterocycles. The maximum atomic E-state index is 11.2. The van der Waals surface area contributed by atoms with Gasteiger partial charge in [-0.25, -0.2) is 0 Å². The molecule has 0 bridgehead atoms. The van der Waals surface area contributed by atoms with E-state index in [-0.39, 0.29) is 5.78 Å². The summed E-state index contributed by atoms with van der Waals surface area (Å²) in [6.45, 7) is 5.94. The van der Waals surface area contributed by atoms with Gasteiger partial charge in [0.2, 0.25) is 0 Å². The van der Waals surface area contributed by atoms with E-state index in [1.165, 1.54) is 0 Å². The largest absolute Gasteiger partial charge is 0.316 e. The van der Waals surface area contributed by atoms with Crippen LogP contribution in [-0.4, -0.2) is 18.9 Å². The van der Waals surface area contributed by atoms with Crippen molar-refractivity contribution in [2.75, 3.05) is 13.1 Å². The molecule has 1 N–H and O–H groups in total. The SMILES string of the molecule is CC(C)=CC(=O)CC1CNC1. The summed E-state index contributed by atoms with van der Waals surface area (Å²) in [4.78, 5) is 11.2. The first-order valence-electron chi connectivity index (χ1n) is 4.07. The molecule has 1 aliphatic rings. The van der Waals surface area contributed by atoms with Crippen LogP contribution in [0.3, 0.4) is 0 Å². The average molecular weight is 153 g/mol. The highest BCUT2D eigenvalue weighted by Crippen LogP contribution is 2.09. The fourth-order valence-corrected chi connectivity index (χ4v) is 1.16. The Morgan fingerprint density at radius 1 is 1.55 bits per heavy atom. The molecule has 0 aromatic heterocycles. The minimum atomic E-state index is 0.275. The molecule has 0 aliphatic carbocycles. The molecule has 0 amide bonds. The van der Waals surface area contributed by atoms with E-state index in [1.807, 2.05) is 13.8 Å². The Hall–Kier alpha value is -0.630. The second kappa shape index (κ2) is 3.67. The summed E-state index contributed by atoms with van der Waals surface area (Å²) in [6, 6.07) is 0. The molecule has 1 fully saturated rings. The van der Waals surface area contributed by atoms with Crippen LogP contribution in [0.25, 0.3) is 0 Å². The predicted molar refractivity (Wildman–Crippen MR) is 45.4 cm³/mol. The van der Waals surface area contributed by atoms with Crippen molar-refractivity contribution >= 4 is 5.78 Å². The Morgan fingerprint density at radius 3 is 2.55 bits per heavy atom. The fourth-order valence-electron chi connectivity index (χ4n) is 1.16. The van der Waals surface area contributed by atoms with E-state index in [9.17, 15) is 4.79 Å². The molecule has 0 atom stereocenters. The monoisotopic (exact) mass is 153 g/mol. The standard InChI is InChI=1S/C9H15NO/c1-7(2)3-9(11)4-8-5-10-6-8/h3,8,10H,4-6H2,1-2H3. The Labute approximate surface area is 67.7 Å². The Balaban J connectivity index is 2.25. The van der Waals surface area contributed by atoms with Gasteiger partial charge >= 0.3 is 0 Å². The molecule has 0 saturated carbocycles. The van der Waals surface area contributed by atoms with Crippen LogP contribution in [0.5, 0.6) is 0 Å². The maximum Gasteiger partial charge on any atom is 0.155 e. The molecule has 0 aromatic carbocycles. The molecule has 1 rings (SSSR count). The number of allylic oxidation sites excluding steroid dienone is 2. The van der Waals surface area contributed by atoms with Crippen molar-refractivity contribution in [1.29, 1.82) is 0 Å². The lowest BCUT2D eigenvalue weighted by Crippen LogP contribution is -2.42. The molecule has 0 aromatic rings. The van der Waals surface area contributed by atoms with Crippen molar-refractivity contribution in [2.45, 2.75) is 20.3 Å². The number of rotatable bonds is 3. The molecule has 1 saturated heterocycles. The van der Waals surface area contributed by atoms with Crippen LogP contribution < -0.4 is 5.32 Å². The first-order chi connectivity index (χ1) is 5.18. The maximum absolute atomic E-state index is 11.2. The molecule has 0 unspecified atom stereocenters. The third-order valence-corrected chi connectivity index (χ3v) is 1.81. The lowest BCUT2D eigenvalue weighted by atomic mass is 9.96. The summed E-state index contributed by atoms with van der Waals surface area (Å²) in [6.07, 6.45) is 2.45. The number of carbonyl (C=O) groups is 1. The van der Waals surface area contributed by atoms with Crippen LogP contribution in [-0.2, 0) is 4.79 Å². The molecule has 0 spiro atoms. The highest BCUT2D eigenvalue weighted by atomic mass is 16.1. The van der Waals surface area contributed by atoms with E-state index >= 15 is 0 Å². The van der Waals surface area contributed by atoms with Crippen LogP contribution >= 0.6 is 0 Å². The van der Waals surface area contributed by atoms with E-state index in [0.29, 0.717) is 5.92 Å². The van der Waals surface area contributed by atoms with Crippen molar-refractivity contribution in [2.24, 2.45) is 5.92 Å². The van der Waals surface area contributed by atoms with Gasteiger partial charge in [-0.2, -0.15) is 0 Å². The number of nitrogens with one attached hydrogen (secondary N) is 1. The van der Waals surface area contributed by atoms with Gasteiger partial charge < -0.3 is 5.32 Å². The first-order valence-corrected chi connectivity index (χ1v) is 4.07. The van der Waals surface area contributed by atoms with Gasteiger partial charge in [-0.15, -0.1) is 0 Å². The second-order valence-electron chi connectivity index (χ2n) is 3.42. The van der Waals surface area contributed by atoms with E-state index in [0.717, 1.165) is 25.1 Å². The topological polar surface area (TPSA) is 29.1 Å². The number of carbonyl (C=O) groups excluding carboxylic acids is 1. The quantitative estimate of drug-likeness (QED) is 0.616. The van der Waals surface area contributed by atoms with E-state index < -0.39 is 0 Å². The van der Waals surface area contributed by atoms with Gasteiger partial charge in [0.25, 0.3) is 0 Å². The van der Waals surface area contributed by atoms with Crippen molar-refractivity contribution < 1.29 is 4.79 Å². The van der Waals surface area contributed by atoms with E-state index in [2.05, 4.69) is 5.32 Å². The van der Waals surface area contributed by atoms with E-state index in [1.54, 1.807) is 6.08 Å². The van der Waals surface area contributed by atoms with Crippen molar-refractivity contribution in [3.8, 4) is 0 Å². The number of hydrogen-bond donors (Lipinski definition) is 1. The van der Waals surface area contributed by atoms with Gasteiger partial charge in [-0.1, -0.05) is 5.57 Å². The Kier molecular flexibility index (Phi) is 2.83. The lowest BCUT2D eigenvalue weighted by Gasteiger charge is -2.25. The zero-order valence-electron chi connectivity index (χ0n) is 7.18. The third-order valence-electron chi connectivity index (χ3n) is 1.81. The molecule has 2 heteroatoms. The summed E-state index contributed by atoms with van der Waals surface area (Å²) in [5.74, 6) is 0.870. The summed E-state index contributed by atoms with van der Waals surface area (Å²) >= 11 is 0. The molecule has 11 heavy (non-hydrogen) atoms. The second-order valence-corrected chi connectivity index (χ2v) is 3.42. The molecule has 1 aliphatic heterocycles. The summed E-state index contributed by atoms with van der Waals surface area (Å²) in [7, 11) is 0. The van der Waals surface area contributed by atoms with Gasteiger partial charge in [0.1, 0.15) is 0 Å². The van der Waals surface area contributed by atoms with Crippen LogP contribution in [0.1, 0.15) is 20.3 Å². The van der Waals surface area contributed by atoms with Crippen LogP contribution in [0.15, 0.2) is 11.6 Å². The molecule has 0 radical (unpaired) electrons. The van der Waals surface area contributed by atoms with Crippen LogP contribution in [0.4, 0.5) is 0 Å².